The molecule has 1 N–H and O–H groups in total. The summed E-state index contributed by atoms with van der Waals surface area (Å²) in [6.45, 7) is 2.41. The molecule has 3 rings (SSSR count). The Bertz CT molecular complexity index is 786. The fourth-order valence-electron chi connectivity index (χ4n) is 1.88. The minimum atomic E-state index is -0.227. The van der Waals surface area contributed by atoms with Gasteiger partial charge in [-0.1, -0.05) is 12.1 Å². The molecule has 2 aromatic heterocycles. The Hall–Kier alpha value is -2.41. The largest absolute Gasteiger partial charge is 0.350 e. The summed E-state index contributed by atoms with van der Waals surface area (Å²) in [4.78, 5) is 20.6. The smallest absolute Gasteiger partial charge is 0.271 e. The number of amides is 1. The lowest BCUT2D eigenvalue weighted by atomic mass is 10.3. The molecule has 0 spiro atoms. The molecular weight excluding hydrogens is 286 g/mol. The van der Waals surface area contributed by atoms with Crippen molar-refractivity contribution in [1.82, 2.24) is 25.5 Å². The molecule has 7 heteroatoms. The topological polar surface area (TPSA) is 80.7 Å². The molecule has 0 bridgehead atoms. The summed E-state index contributed by atoms with van der Waals surface area (Å²) >= 11 is 1.54. The summed E-state index contributed by atoms with van der Waals surface area (Å²) in [5, 5.41) is 12.6. The van der Waals surface area contributed by atoms with Crippen LogP contribution in [0, 0.1) is 6.92 Å². The number of para-hydroxylation sites is 2. The molecule has 0 radical (unpaired) electrons. The van der Waals surface area contributed by atoms with Crippen LogP contribution < -0.4 is 5.32 Å². The van der Waals surface area contributed by atoms with E-state index in [4.69, 9.17) is 0 Å². The van der Waals surface area contributed by atoms with Gasteiger partial charge in [0.05, 0.1) is 17.2 Å². The zero-order valence-corrected chi connectivity index (χ0v) is 12.2. The van der Waals surface area contributed by atoms with Gasteiger partial charge in [0.1, 0.15) is 15.7 Å². The van der Waals surface area contributed by atoms with Crippen molar-refractivity contribution in [3.8, 4) is 0 Å². The van der Waals surface area contributed by atoms with Gasteiger partial charge in [-0.15, -0.1) is 21.5 Å². The van der Waals surface area contributed by atoms with Crippen LogP contribution >= 0.6 is 11.3 Å². The van der Waals surface area contributed by atoms with E-state index in [-0.39, 0.29) is 5.91 Å². The van der Waals surface area contributed by atoms with Gasteiger partial charge in [0.15, 0.2) is 0 Å². The number of hydrogen-bond donors (Lipinski definition) is 1. The summed E-state index contributed by atoms with van der Waals surface area (Å²) in [7, 11) is 0. The molecule has 3 aromatic rings. The van der Waals surface area contributed by atoms with Crippen LogP contribution in [0.15, 0.2) is 30.5 Å². The van der Waals surface area contributed by atoms with Crippen molar-refractivity contribution in [3.63, 3.8) is 0 Å². The fraction of sp³-hybridized carbons (Fsp3) is 0.214. The van der Waals surface area contributed by atoms with E-state index >= 15 is 0 Å². The normalized spacial score (nSPS) is 10.7. The van der Waals surface area contributed by atoms with Crippen molar-refractivity contribution in [2.45, 2.75) is 13.3 Å². The van der Waals surface area contributed by atoms with Gasteiger partial charge in [0.2, 0.25) is 0 Å². The number of nitrogens with zero attached hydrogens (tertiary/aromatic N) is 4. The number of carbonyl (C=O) groups is 1. The van der Waals surface area contributed by atoms with Crippen LogP contribution in [0.1, 0.15) is 20.5 Å². The minimum Gasteiger partial charge on any atom is -0.350 e. The number of fused-ring (bicyclic) bond motifs is 1. The monoisotopic (exact) mass is 299 g/mol. The van der Waals surface area contributed by atoms with Crippen LogP contribution in [-0.4, -0.2) is 32.6 Å². The number of rotatable bonds is 4. The van der Waals surface area contributed by atoms with Gasteiger partial charge in [0.25, 0.3) is 5.91 Å². The number of aryl methyl sites for hydroxylation is 1. The van der Waals surface area contributed by atoms with Gasteiger partial charge in [-0.25, -0.2) is 4.98 Å². The van der Waals surface area contributed by atoms with Gasteiger partial charge >= 0.3 is 0 Å². The third kappa shape index (κ3) is 3.19. The second-order valence-electron chi connectivity index (χ2n) is 4.46. The van der Waals surface area contributed by atoms with E-state index < -0.39 is 0 Å². The first-order valence-corrected chi connectivity index (χ1v) is 7.33. The average Bonchev–Trinajstić information content (AvgIpc) is 2.92. The fourth-order valence-corrected chi connectivity index (χ4v) is 2.59. The summed E-state index contributed by atoms with van der Waals surface area (Å²) in [6, 6.07) is 7.46. The predicted octanol–water partition coefficient (Wildman–Crippen LogP) is 1.76. The molecule has 0 atom stereocenters. The van der Waals surface area contributed by atoms with E-state index in [2.05, 4.69) is 25.5 Å². The number of aromatic nitrogens is 4. The molecule has 0 fully saturated rings. The van der Waals surface area contributed by atoms with Gasteiger partial charge in [-0.3, -0.25) is 9.78 Å². The summed E-state index contributed by atoms with van der Waals surface area (Å²) in [5.41, 5.74) is 1.81. The Balaban J connectivity index is 1.63. The van der Waals surface area contributed by atoms with Crippen LogP contribution in [0.25, 0.3) is 11.0 Å². The molecule has 0 aliphatic carbocycles. The van der Waals surface area contributed by atoms with Crippen molar-refractivity contribution in [1.29, 1.82) is 0 Å². The Morgan fingerprint density at radius 2 is 2.05 bits per heavy atom. The first kappa shape index (κ1) is 13.6. The molecule has 0 aliphatic rings. The van der Waals surface area contributed by atoms with Crippen LogP contribution in [0.5, 0.6) is 0 Å². The van der Waals surface area contributed by atoms with Gasteiger partial charge in [-0.2, -0.15) is 0 Å². The van der Waals surface area contributed by atoms with Crippen LogP contribution in [0.2, 0.25) is 0 Å². The lowest BCUT2D eigenvalue weighted by molar-refractivity contribution is 0.0949. The molecule has 21 heavy (non-hydrogen) atoms. The number of benzene rings is 1. The molecule has 0 saturated carbocycles. The van der Waals surface area contributed by atoms with Gasteiger partial charge in [-0.05, 0) is 19.1 Å². The van der Waals surface area contributed by atoms with Crippen LogP contribution in [0.4, 0.5) is 0 Å². The highest BCUT2D eigenvalue weighted by molar-refractivity contribution is 7.11. The van der Waals surface area contributed by atoms with E-state index in [0.29, 0.717) is 24.2 Å². The SMILES string of the molecule is Cc1nnc(CCNC(=O)c2cnc3ccccc3n2)s1. The second kappa shape index (κ2) is 5.92. The third-order valence-electron chi connectivity index (χ3n) is 2.87. The lowest BCUT2D eigenvalue weighted by Crippen LogP contribution is -2.26. The lowest BCUT2D eigenvalue weighted by Gasteiger charge is -2.04. The van der Waals surface area contributed by atoms with E-state index in [9.17, 15) is 4.79 Å². The molecule has 106 valence electrons. The number of hydrogen-bond acceptors (Lipinski definition) is 6. The average molecular weight is 299 g/mol. The maximum Gasteiger partial charge on any atom is 0.271 e. The van der Waals surface area contributed by atoms with Crippen molar-refractivity contribution < 1.29 is 4.79 Å². The molecule has 1 aromatic carbocycles. The summed E-state index contributed by atoms with van der Waals surface area (Å²) in [6.07, 6.45) is 2.16. The number of carbonyl (C=O) groups excluding carboxylic acids is 1. The molecule has 0 saturated heterocycles. The Labute approximate surface area is 125 Å². The van der Waals surface area contributed by atoms with E-state index in [1.807, 2.05) is 31.2 Å². The van der Waals surface area contributed by atoms with Crippen molar-refractivity contribution >= 4 is 28.3 Å². The van der Waals surface area contributed by atoms with Crippen LogP contribution in [-0.2, 0) is 6.42 Å². The maximum atomic E-state index is 12.0. The Kier molecular flexibility index (Phi) is 3.83. The second-order valence-corrected chi connectivity index (χ2v) is 5.73. The van der Waals surface area contributed by atoms with Gasteiger partial charge < -0.3 is 5.32 Å². The zero-order chi connectivity index (χ0) is 14.7. The van der Waals surface area contributed by atoms with Crippen LogP contribution in [0.3, 0.4) is 0 Å². The van der Waals surface area contributed by atoms with Crippen molar-refractivity contribution in [2.75, 3.05) is 6.54 Å². The van der Waals surface area contributed by atoms with E-state index in [1.54, 1.807) is 0 Å². The Morgan fingerprint density at radius 1 is 1.24 bits per heavy atom. The first-order chi connectivity index (χ1) is 10.2. The molecule has 6 nitrogen and oxygen atoms in total. The van der Waals surface area contributed by atoms with Gasteiger partial charge in [0, 0.05) is 13.0 Å². The highest BCUT2D eigenvalue weighted by atomic mass is 32.1. The Morgan fingerprint density at radius 3 is 2.81 bits per heavy atom. The molecule has 1 amide bonds. The van der Waals surface area contributed by atoms with Crippen molar-refractivity contribution in [2.24, 2.45) is 0 Å². The minimum absolute atomic E-state index is 0.227. The molecule has 0 aliphatic heterocycles. The van der Waals surface area contributed by atoms with E-state index in [0.717, 1.165) is 15.5 Å². The zero-order valence-electron chi connectivity index (χ0n) is 11.4. The highest BCUT2D eigenvalue weighted by Gasteiger charge is 2.09. The summed E-state index contributed by atoms with van der Waals surface area (Å²) in [5.74, 6) is -0.227. The molecule has 0 unspecified atom stereocenters. The van der Waals surface area contributed by atoms with E-state index in [1.165, 1.54) is 17.5 Å². The predicted molar refractivity (Wildman–Crippen MR) is 80.2 cm³/mol. The molecular formula is C14H13N5OS. The van der Waals surface area contributed by atoms with Crippen molar-refractivity contribution in [3.05, 3.63) is 46.2 Å². The highest BCUT2D eigenvalue weighted by Crippen LogP contribution is 2.09. The maximum absolute atomic E-state index is 12.0. The third-order valence-corrected chi connectivity index (χ3v) is 3.77. The summed E-state index contributed by atoms with van der Waals surface area (Å²) < 4.78 is 0. The quantitative estimate of drug-likeness (QED) is 0.794. The first-order valence-electron chi connectivity index (χ1n) is 6.51. The molecule has 2 heterocycles. The number of nitrogens with one attached hydrogen (secondary N) is 1. The standard InChI is InChI=1S/C14H13N5OS/c1-9-18-19-13(21-9)6-7-15-14(20)12-8-16-10-4-2-3-5-11(10)17-12/h2-5,8H,6-7H2,1H3,(H,15,20).